The van der Waals surface area contributed by atoms with Crippen LogP contribution in [0.25, 0.3) is 0 Å². The Labute approximate surface area is 57.0 Å². The van der Waals surface area contributed by atoms with Crippen molar-refractivity contribution >= 4 is 7.12 Å². The molecule has 0 bridgehead atoms. The first kappa shape index (κ1) is 8.72. The molecule has 0 amide bonds. The zero-order valence-corrected chi connectivity index (χ0v) is 6.47. The fourth-order valence-electron chi connectivity index (χ4n) is 0.504. The molecule has 0 rings (SSSR count). The summed E-state index contributed by atoms with van der Waals surface area (Å²) < 4.78 is 9.82. The summed E-state index contributed by atoms with van der Waals surface area (Å²) in [5.74, 6) is 1.92. The molecule has 0 radical (unpaired) electrons. The van der Waals surface area contributed by atoms with Crippen LogP contribution in [0.4, 0.5) is 0 Å². The Hall–Kier alpha value is -0.275. The van der Waals surface area contributed by atoms with Crippen LogP contribution in [-0.2, 0) is 9.31 Å². The van der Waals surface area contributed by atoms with Gasteiger partial charge in [-0.2, -0.15) is 0 Å². The monoisotopic (exact) mass is 128 g/mol. The topological polar surface area (TPSA) is 18.5 Å². The average Bonchev–Trinajstić information content (AvgIpc) is 1.82. The number of hydrogen-bond acceptors (Lipinski definition) is 2. The van der Waals surface area contributed by atoms with Crippen molar-refractivity contribution in [2.45, 2.75) is 13.8 Å². The molecule has 0 heterocycles. The van der Waals surface area contributed by atoms with Crippen LogP contribution >= 0.6 is 0 Å². The molecule has 0 saturated carbocycles. The van der Waals surface area contributed by atoms with Gasteiger partial charge in [0.05, 0.1) is 0 Å². The molecule has 0 aliphatic carbocycles. The molecule has 52 valence electrons. The largest absolute Gasteiger partial charge is 0.485 e. The van der Waals surface area contributed by atoms with E-state index in [1.807, 2.05) is 19.8 Å². The maximum Gasteiger partial charge on any atom is 0.485 e. The molecule has 0 saturated heterocycles. The van der Waals surface area contributed by atoms with Gasteiger partial charge >= 0.3 is 7.12 Å². The molecule has 0 atom stereocenters. The molecule has 0 fully saturated rings. The van der Waals surface area contributed by atoms with Crippen molar-refractivity contribution in [2.75, 3.05) is 14.2 Å². The molecule has 0 aromatic rings. The first-order valence-electron chi connectivity index (χ1n) is 2.91. The molecular weight excluding hydrogens is 115 g/mol. The third-order valence-corrected chi connectivity index (χ3v) is 0.934. The summed E-state index contributed by atoms with van der Waals surface area (Å²) in [6.07, 6.45) is 0. The average molecular weight is 128 g/mol. The van der Waals surface area contributed by atoms with E-state index >= 15 is 0 Å². The summed E-state index contributed by atoms with van der Waals surface area (Å²) >= 11 is 0. The maximum atomic E-state index is 4.91. The molecule has 0 spiro atoms. The minimum atomic E-state index is -0.185. The van der Waals surface area contributed by atoms with Crippen molar-refractivity contribution < 1.29 is 9.31 Å². The SMILES string of the molecule is COB(C=C(C)C)OC. The van der Waals surface area contributed by atoms with Gasteiger partial charge in [-0.3, -0.25) is 0 Å². The van der Waals surface area contributed by atoms with Crippen LogP contribution < -0.4 is 0 Å². The van der Waals surface area contributed by atoms with E-state index in [-0.39, 0.29) is 7.12 Å². The highest BCUT2D eigenvalue weighted by atomic mass is 16.6. The predicted octanol–water partition coefficient (Wildman–Crippen LogP) is 1.27. The quantitative estimate of drug-likeness (QED) is 0.533. The van der Waals surface area contributed by atoms with E-state index in [0.29, 0.717) is 0 Å². The molecule has 0 aliphatic rings. The lowest BCUT2D eigenvalue weighted by molar-refractivity contribution is 0.290. The third-order valence-electron chi connectivity index (χ3n) is 0.934. The highest BCUT2D eigenvalue weighted by Gasteiger charge is 2.07. The third kappa shape index (κ3) is 4.24. The standard InChI is InChI=1S/C6H13BO2/c1-6(2)5-7(8-3)9-4/h5H,1-4H3. The Balaban J connectivity index is 3.68. The van der Waals surface area contributed by atoms with E-state index in [1.165, 1.54) is 5.57 Å². The van der Waals surface area contributed by atoms with Crippen molar-refractivity contribution in [3.63, 3.8) is 0 Å². The van der Waals surface area contributed by atoms with Gasteiger partial charge < -0.3 is 9.31 Å². The van der Waals surface area contributed by atoms with Gasteiger partial charge in [0, 0.05) is 14.2 Å². The van der Waals surface area contributed by atoms with Crippen LogP contribution in [0.3, 0.4) is 0 Å². The van der Waals surface area contributed by atoms with Gasteiger partial charge in [0.15, 0.2) is 0 Å². The number of hydrogen-bond donors (Lipinski definition) is 0. The van der Waals surface area contributed by atoms with Crippen LogP contribution in [0.5, 0.6) is 0 Å². The van der Waals surface area contributed by atoms with Crippen LogP contribution in [0, 0.1) is 0 Å². The van der Waals surface area contributed by atoms with E-state index in [4.69, 9.17) is 9.31 Å². The molecule has 0 aromatic heterocycles. The van der Waals surface area contributed by atoms with Crippen molar-refractivity contribution in [1.82, 2.24) is 0 Å². The van der Waals surface area contributed by atoms with Crippen molar-refractivity contribution in [3.8, 4) is 0 Å². The number of allylic oxidation sites excluding steroid dienone is 1. The minimum absolute atomic E-state index is 0.185. The second-order valence-electron chi connectivity index (χ2n) is 2.08. The fraction of sp³-hybridized carbons (Fsp3) is 0.667. The van der Waals surface area contributed by atoms with Gasteiger partial charge in [0.2, 0.25) is 0 Å². The number of rotatable bonds is 3. The van der Waals surface area contributed by atoms with E-state index in [2.05, 4.69) is 0 Å². The van der Waals surface area contributed by atoms with E-state index < -0.39 is 0 Å². The second-order valence-corrected chi connectivity index (χ2v) is 2.08. The lowest BCUT2D eigenvalue weighted by Crippen LogP contribution is -2.16. The Kier molecular flexibility index (Phi) is 4.45. The van der Waals surface area contributed by atoms with Gasteiger partial charge in [-0.15, -0.1) is 0 Å². The van der Waals surface area contributed by atoms with Crippen LogP contribution in [0.2, 0.25) is 0 Å². The highest BCUT2D eigenvalue weighted by molar-refractivity contribution is 6.50. The fourth-order valence-corrected chi connectivity index (χ4v) is 0.504. The Morgan fingerprint density at radius 1 is 1.22 bits per heavy atom. The van der Waals surface area contributed by atoms with E-state index in [9.17, 15) is 0 Å². The molecular formula is C6H13BO2. The molecule has 9 heavy (non-hydrogen) atoms. The molecule has 0 unspecified atom stereocenters. The zero-order chi connectivity index (χ0) is 7.28. The molecule has 2 nitrogen and oxygen atoms in total. The van der Waals surface area contributed by atoms with Crippen LogP contribution in [0.1, 0.15) is 13.8 Å². The van der Waals surface area contributed by atoms with E-state index in [0.717, 1.165) is 0 Å². The van der Waals surface area contributed by atoms with Gasteiger partial charge in [-0.05, 0) is 13.8 Å². The van der Waals surface area contributed by atoms with Gasteiger partial charge in [0.1, 0.15) is 0 Å². The summed E-state index contributed by atoms with van der Waals surface area (Å²) in [6, 6.07) is 0. The molecule has 0 N–H and O–H groups in total. The zero-order valence-electron chi connectivity index (χ0n) is 6.47. The minimum Gasteiger partial charge on any atom is -0.410 e. The smallest absolute Gasteiger partial charge is 0.410 e. The summed E-state index contributed by atoms with van der Waals surface area (Å²) in [5.41, 5.74) is 1.20. The molecule has 0 aliphatic heterocycles. The van der Waals surface area contributed by atoms with Crippen molar-refractivity contribution in [2.24, 2.45) is 0 Å². The lowest BCUT2D eigenvalue weighted by atomic mass is 9.88. The molecule has 3 heteroatoms. The first-order chi connectivity index (χ1) is 4.20. The summed E-state index contributed by atoms with van der Waals surface area (Å²) in [7, 11) is 3.05. The van der Waals surface area contributed by atoms with Crippen LogP contribution in [-0.4, -0.2) is 21.3 Å². The van der Waals surface area contributed by atoms with Crippen LogP contribution in [0.15, 0.2) is 11.5 Å². The van der Waals surface area contributed by atoms with Gasteiger partial charge in [-0.25, -0.2) is 0 Å². The molecule has 0 aromatic carbocycles. The van der Waals surface area contributed by atoms with E-state index in [1.54, 1.807) is 14.2 Å². The Morgan fingerprint density at radius 3 is 1.78 bits per heavy atom. The second kappa shape index (κ2) is 4.59. The summed E-state index contributed by atoms with van der Waals surface area (Å²) in [4.78, 5) is 0. The highest BCUT2D eigenvalue weighted by Crippen LogP contribution is 1.93. The van der Waals surface area contributed by atoms with Crippen molar-refractivity contribution in [3.05, 3.63) is 11.5 Å². The normalized spacial score (nSPS) is 8.89. The lowest BCUT2D eigenvalue weighted by Gasteiger charge is -2.01. The van der Waals surface area contributed by atoms with Gasteiger partial charge in [-0.1, -0.05) is 11.5 Å². The predicted molar refractivity (Wildman–Crippen MR) is 39.2 cm³/mol. The Bertz CT molecular complexity index is 93.2. The summed E-state index contributed by atoms with van der Waals surface area (Å²) in [5, 5.41) is 0. The van der Waals surface area contributed by atoms with Gasteiger partial charge in [0.25, 0.3) is 0 Å². The Morgan fingerprint density at radius 2 is 1.67 bits per heavy atom. The van der Waals surface area contributed by atoms with Crippen molar-refractivity contribution in [1.29, 1.82) is 0 Å². The summed E-state index contributed by atoms with van der Waals surface area (Å²) in [6.45, 7) is 4.01. The first-order valence-corrected chi connectivity index (χ1v) is 2.91. The maximum absolute atomic E-state index is 4.91.